The fourth-order valence-electron chi connectivity index (χ4n) is 2.88. The van der Waals surface area contributed by atoms with E-state index >= 15 is 0 Å². The van der Waals surface area contributed by atoms with Gasteiger partial charge in [-0.05, 0) is 11.5 Å². The fraction of sp³-hybridized carbons (Fsp3) is 0. The Balaban J connectivity index is 0.000000285. The van der Waals surface area contributed by atoms with E-state index in [-0.39, 0.29) is 22.8 Å². The Morgan fingerprint density at radius 1 is 0.846 bits per heavy atom. The summed E-state index contributed by atoms with van der Waals surface area (Å²) in [7, 11) is 0. The van der Waals surface area contributed by atoms with Crippen molar-refractivity contribution in [3.8, 4) is 5.75 Å². The Bertz CT molecular complexity index is 990. The molecule has 0 amide bonds. The Hall–Kier alpha value is -2.87. The molecule has 0 saturated heterocycles. The first-order valence-corrected chi connectivity index (χ1v) is 8.17. The molecule has 5 rings (SSSR count). The minimum atomic E-state index is -0.00629. The summed E-state index contributed by atoms with van der Waals surface area (Å²) < 4.78 is 6.00. The first-order valence-electron chi connectivity index (χ1n) is 8.17. The van der Waals surface area contributed by atoms with Crippen molar-refractivity contribution in [3.63, 3.8) is 0 Å². The first-order chi connectivity index (χ1) is 12.3. The minimum absolute atomic E-state index is 0. The summed E-state index contributed by atoms with van der Waals surface area (Å²) in [5.41, 5.74) is 1.55. The number of ether oxygens (including phenoxy) is 1. The van der Waals surface area contributed by atoms with Crippen LogP contribution in [0.2, 0.25) is 0 Å². The predicted octanol–water partition coefficient (Wildman–Crippen LogP) is 4.72. The summed E-state index contributed by atoms with van der Waals surface area (Å²) in [6.45, 7) is 0. The van der Waals surface area contributed by atoms with Gasteiger partial charge in [0.2, 0.25) is 0 Å². The summed E-state index contributed by atoms with van der Waals surface area (Å²) in [4.78, 5) is 0. The molecule has 3 aromatic carbocycles. The van der Waals surface area contributed by atoms with Crippen LogP contribution in [-0.4, -0.2) is 0 Å². The van der Waals surface area contributed by atoms with Gasteiger partial charge in [0.25, 0.3) is 0 Å². The SMILES string of the molecule is [Fe+2].[O-]C1=CC(=C2C=CC=C2)Oc2c1ccc1ccccc21.c1cc[cH-]c1. The van der Waals surface area contributed by atoms with Gasteiger partial charge in [0.1, 0.15) is 11.5 Å². The maximum Gasteiger partial charge on any atom is 2.00 e. The Kier molecular flexibility index (Phi) is 5.52. The third kappa shape index (κ3) is 3.55. The van der Waals surface area contributed by atoms with Gasteiger partial charge in [-0.15, -0.1) is 0 Å². The molecule has 0 fully saturated rings. The van der Waals surface area contributed by atoms with Crippen molar-refractivity contribution in [2.45, 2.75) is 0 Å². The van der Waals surface area contributed by atoms with Crippen molar-refractivity contribution in [1.82, 2.24) is 0 Å². The zero-order valence-electron chi connectivity index (χ0n) is 13.9. The molecule has 1 heterocycles. The molecule has 0 unspecified atom stereocenters. The fourth-order valence-corrected chi connectivity index (χ4v) is 2.88. The molecule has 1 aliphatic carbocycles. The summed E-state index contributed by atoms with van der Waals surface area (Å²) in [6.07, 6.45) is 9.31. The first kappa shape index (κ1) is 17.9. The van der Waals surface area contributed by atoms with Gasteiger partial charge in [-0.1, -0.05) is 66.5 Å². The number of benzene rings is 2. The molecule has 0 spiro atoms. The molecular weight excluding hydrogens is 364 g/mol. The van der Waals surface area contributed by atoms with Crippen molar-refractivity contribution in [1.29, 1.82) is 0 Å². The van der Waals surface area contributed by atoms with Gasteiger partial charge in [0.05, 0.1) is 0 Å². The molecule has 3 aromatic rings. The van der Waals surface area contributed by atoms with Crippen molar-refractivity contribution in [2.75, 3.05) is 0 Å². The Morgan fingerprint density at radius 2 is 1.58 bits per heavy atom. The number of fused-ring (bicyclic) bond motifs is 3. The minimum Gasteiger partial charge on any atom is -0.872 e. The van der Waals surface area contributed by atoms with Crippen LogP contribution in [0.4, 0.5) is 0 Å². The van der Waals surface area contributed by atoms with E-state index in [1.54, 1.807) is 6.08 Å². The number of hydrogen-bond acceptors (Lipinski definition) is 2. The van der Waals surface area contributed by atoms with E-state index < -0.39 is 0 Å². The van der Waals surface area contributed by atoms with E-state index in [9.17, 15) is 5.11 Å². The van der Waals surface area contributed by atoms with Crippen LogP contribution in [0.25, 0.3) is 16.5 Å². The van der Waals surface area contributed by atoms with E-state index in [0.717, 1.165) is 16.3 Å². The molecule has 0 saturated carbocycles. The Labute approximate surface area is 163 Å². The summed E-state index contributed by atoms with van der Waals surface area (Å²) >= 11 is 0. The third-order valence-electron chi connectivity index (χ3n) is 4.12. The van der Waals surface area contributed by atoms with Crippen LogP contribution in [0, 0.1) is 0 Å². The molecule has 0 bridgehead atoms. The second kappa shape index (κ2) is 8.01. The van der Waals surface area contributed by atoms with Crippen molar-refractivity contribution >= 4 is 16.5 Å². The molecule has 3 heteroatoms. The predicted molar refractivity (Wildman–Crippen MR) is 99.9 cm³/mol. The van der Waals surface area contributed by atoms with E-state index in [2.05, 4.69) is 0 Å². The van der Waals surface area contributed by atoms with Gasteiger partial charge in [0.15, 0.2) is 0 Å². The second-order valence-corrected chi connectivity index (χ2v) is 5.77. The number of hydrogen-bond donors (Lipinski definition) is 0. The summed E-state index contributed by atoms with van der Waals surface area (Å²) in [5.74, 6) is 1.27. The monoisotopic (exact) mass is 380 g/mol. The maximum atomic E-state index is 12.3. The number of rotatable bonds is 0. The zero-order valence-corrected chi connectivity index (χ0v) is 15.0. The largest absolute Gasteiger partial charge is 2.00 e. The molecule has 0 radical (unpaired) electrons. The molecule has 0 aromatic heterocycles. The topological polar surface area (TPSA) is 32.3 Å². The number of allylic oxidation sites excluding steroid dienone is 6. The average molecular weight is 380 g/mol. The molecule has 2 nitrogen and oxygen atoms in total. The van der Waals surface area contributed by atoms with Crippen molar-refractivity contribution < 1.29 is 26.9 Å². The van der Waals surface area contributed by atoms with E-state index in [1.165, 1.54) is 0 Å². The maximum absolute atomic E-state index is 12.3. The summed E-state index contributed by atoms with van der Waals surface area (Å²) in [5, 5.41) is 14.3. The quantitative estimate of drug-likeness (QED) is 0.418. The van der Waals surface area contributed by atoms with Gasteiger partial charge in [0, 0.05) is 16.5 Å². The van der Waals surface area contributed by atoms with Crippen LogP contribution in [-0.2, 0) is 17.1 Å². The van der Waals surface area contributed by atoms with Crippen LogP contribution >= 0.6 is 0 Å². The van der Waals surface area contributed by atoms with Crippen LogP contribution in [0.1, 0.15) is 5.56 Å². The normalized spacial score (nSPS) is 14.1. The molecule has 26 heavy (non-hydrogen) atoms. The molecule has 0 N–H and O–H groups in total. The second-order valence-electron chi connectivity index (χ2n) is 5.77. The molecular formula is C23H16FeO2. The zero-order chi connectivity index (χ0) is 17.1. The van der Waals surface area contributed by atoms with E-state index in [4.69, 9.17) is 4.74 Å². The smallest absolute Gasteiger partial charge is 0.872 e. The van der Waals surface area contributed by atoms with E-state index in [1.807, 2.05) is 91.0 Å². The average Bonchev–Trinajstić information content (AvgIpc) is 3.37. The van der Waals surface area contributed by atoms with E-state index in [0.29, 0.717) is 17.1 Å². The molecule has 1 aliphatic heterocycles. The van der Waals surface area contributed by atoms with Crippen LogP contribution in [0.5, 0.6) is 5.75 Å². The van der Waals surface area contributed by atoms with Crippen LogP contribution in [0.3, 0.4) is 0 Å². The third-order valence-corrected chi connectivity index (χ3v) is 4.12. The standard InChI is InChI=1S/C18H12O2.C5H5.Fe/c19-16-11-17(13-6-1-2-7-13)20-18-14-8-4-3-5-12(14)9-10-15(16)18;1-2-4-5-3-1;/h1-11,19H;1-5H;/q;-1;+2/p-1. The van der Waals surface area contributed by atoms with Gasteiger partial charge in [-0.25, -0.2) is 12.1 Å². The summed E-state index contributed by atoms with van der Waals surface area (Å²) in [6, 6.07) is 21.7. The van der Waals surface area contributed by atoms with Crippen LogP contribution in [0.15, 0.2) is 108 Å². The van der Waals surface area contributed by atoms with Gasteiger partial charge >= 0.3 is 17.1 Å². The molecule has 2 aliphatic rings. The van der Waals surface area contributed by atoms with Crippen LogP contribution < -0.4 is 9.84 Å². The van der Waals surface area contributed by atoms with Crippen molar-refractivity contribution in [3.05, 3.63) is 114 Å². The van der Waals surface area contributed by atoms with Gasteiger partial charge in [-0.3, -0.25) is 0 Å². The molecule has 0 atom stereocenters. The van der Waals surface area contributed by atoms with Gasteiger partial charge < -0.3 is 9.84 Å². The van der Waals surface area contributed by atoms with Crippen molar-refractivity contribution in [2.24, 2.45) is 0 Å². The van der Waals surface area contributed by atoms with Gasteiger partial charge in [-0.2, -0.15) is 18.2 Å². The molecule has 128 valence electrons. The Morgan fingerprint density at radius 3 is 2.27 bits per heavy atom.